The molecular formula is C21H23FN4O. The monoisotopic (exact) mass is 366 g/mol. The van der Waals surface area contributed by atoms with Gasteiger partial charge in [0.15, 0.2) is 0 Å². The fourth-order valence-corrected chi connectivity index (χ4v) is 3.74. The minimum atomic E-state index is -0.218. The number of hydrogen-bond acceptors (Lipinski definition) is 3. The van der Waals surface area contributed by atoms with E-state index in [9.17, 15) is 9.18 Å². The molecule has 140 valence electrons. The lowest BCUT2D eigenvalue weighted by molar-refractivity contribution is 0.0747. The first-order valence-electron chi connectivity index (χ1n) is 9.32. The molecule has 0 radical (unpaired) electrons. The molecule has 2 heterocycles. The van der Waals surface area contributed by atoms with E-state index in [1.807, 2.05) is 41.1 Å². The number of halogens is 1. The van der Waals surface area contributed by atoms with E-state index >= 15 is 0 Å². The average molecular weight is 366 g/mol. The Labute approximate surface area is 158 Å². The number of para-hydroxylation sites is 1. The molecular weight excluding hydrogens is 343 g/mol. The number of fused-ring (bicyclic) bond motifs is 1. The van der Waals surface area contributed by atoms with E-state index in [2.05, 4.69) is 16.5 Å². The van der Waals surface area contributed by atoms with E-state index in [0.717, 1.165) is 23.3 Å². The van der Waals surface area contributed by atoms with Gasteiger partial charge in [-0.1, -0.05) is 19.1 Å². The van der Waals surface area contributed by atoms with Crippen molar-refractivity contribution < 1.29 is 9.18 Å². The summed E-state index contributed by atoms with van der Waals surface area (Å²) >= 11 is 0. The first-order chi connectivity index (χ1) is 13.1. The number of carbonyl (C=O) groups excluding carboxylic acids is 1. The number of carbonyl (C=O) groups is 1. The summed E-state index contributed by atoms with van der Waals surface area (Å²) in [6, 6.07) is 12.5. The Morgan fingerprint density at radius 2 is 1.85 bits per heavy atom. The van der Waals surface area contributed by atoms with Crippen LogP contribution < -0.4 is 4.90 Å². The summed E-state index contributed by atoms with van der Waals surface area (Å²) in [6.07, 6.45) is 0.854. The number of imidazole rings is 1. The van der Waals surface area contributed by atoms with Crippen molar-refractivity contribution >= 4 is 22.6 Å². The summed E-state index contributed by atoms with van der Waals surface area (Å²) in [6.45, 7) is 4.47. The SMILES string of the molecule is CCc1nc2cc(C(=O)N3CCN(c4ccccc4F)CC3)ccc2n1C. The summed E-state index contributed by atoms with van der Waals surface area (Å²) in [7, 11) is 2.00. The molecule has 0 spiro atoms. The van der Waals surface area contributed by atoms with Crippen LogP contribution in [0.5, 0.6) is 0 Å². The van der Waals surface area contributed by atoms with Crippen LogP contribution >= 0.6 is 0 Å². The number of benzene rings is 2. The van der Waals surface area contributed by atoms with Gasteiger partial charge >= 0.3 is 0 Å². The van der Waals surface area contributed by atoms with Crippen molar-refractivity contribution in [3.8, 4) is 0 Å². The smallest absolute Gasteiger partial charge is 0.254 e. The molecule has 1 fully saturated rings. The highest BCUT2D eigenvalue weighted by molar-refractivity contribution is 5.97. The van der Waals surface area contributed by atoms with Crippen molar-refractivity contribution in [2.24, 2.45) is 7.05 Å². The Morgan fingerprint density at radius 1 is 1.11 bits per heavy atom. The Hall–Kier alpha value is -2.89. The molecule has 4 rings (SSSR count). The first kappa shape index (κ1) is 17.5. The first-order valence-corrected chi connectivity index (χ1v) is 9.32. The van der Waals surface area contributed by atoms with Crippen LogP contribution in [0.1, 0.15) is 23.1 Å². The quantitative estimate of drug-likeness (QED) is 0.715. The van der Waals surface area contributed by atoms with E-state index in [-0.39, 0.29) is 11.7 Å². The topological polar surface area (TPSA) is 41.4 Å². The Bertz CT molecular complexity index is 989. The highest BCUT2D eigenvalue weighted by Gasteiger charge is 2.24. The van der Waals surface area contributed by atoms with Gasteiger partial charge in [-0.3, -0.25) is 4.79 Å². The average Bonchev–Trinajstić information content (AvgIpc) is 3.03. The third kappa shape index (κ3) is 3.16. The van der Waals surface area contributed by atoms with Crippen molar-refractivity contribution in [3.05, 3.63) is 59.7 Å². The maximum atomic E-state index is 14.0. The summed E-state index contributed by atoms with van der Waals surface area (Å²) < 4.78 is 16.0. The Kier molecular flexibility index (Phi) is 4.56. The standard InChI is InChI=1S/C21H23FN4O/c1-3-20-23-17-14-15(8-9-19(17)24(20)2)21(27)26-12-10-25(11-13-26)18-7-5-4-6-16(18)22/h4-9,14H,3,10-13H2,1-2H3. The van der Waals surface area contributed by atoms with Gasteiger partial charge < -0.3 is 14.4 Å². The van der Waals surface area contributed by atoms with Crippen LogP contribution in [0.3, 0.4) is 0 Å². The van der Waals surface area contributed by atoms with Gasteiger partial charge in [-0.2, -0.15) is 0 Å². The zero-order valence-electron chi connectivity index (χ0n) is 15.7. The molecule has 2 aromatic carbocycles. The fraction of sp³-hybridized carbons (Fsp3) is 0.333. The molecule has 0 unspecified atom stereocenters. The summed E-state index contributed by atoms with van der Waals surface area (Å²) in [5.41, 5.74) is 3.15. The second-order valence-corrected chi connectivity index (χ2v) is 6.87. The Morgan fingerprint density at radius 3 is 2.56 bits per heavy atom. The van der Waals surface area contributed by atoms with Crippen molar-refractivity contribution in [2.75, 3.05) is 31.1 Å². The van der Waals surface area contributed by atoms with Crippen LogP contribution in [0.4, 0.5) is 10.1 Å². The third-order valence-electron chi connectivity index (χ3n) is 5.30. The minimum absolute atomic E-state index is 0.00813. The molecule has 5 nitrogen and oxygen atoms in total. The summed E-state index contributed by atoms with van der Waals surface area (Å²) in [4.78, 5) is 21.4. The zero-order chi connectivity index (χ0) is 19.0. The van der Waals surface area contributed by atoms with Gasteiger partial charge in [-0.25, -0.2) is 9.37 Å². The van der Waals surface area contributed by atoms with E-state index in [1.165, 1.54) is 6.07 Å². The lowest BCUT2D eigenvalue weighted by Crippen LogP contribution is -2.49. The van der Waals surface area contributed by atoms with Crippen LogP contribution in [0, 0.1) is 5.82 Å². The molecule has 1 amide bonds. The van der Waals surface area contributed by atoms with Gasteiger partial charge in [0.25, 0.3) is 5.91 Å². The van der Waals surface area contributed by atoms with E-state index in [0.29, 0.717) is 37.4 Å². The molecule has 1 aliphatic heterocycles. The van der Waals surface area contributed by atoms with Crippen LogP contribution in [0.2, 0.25) is 0 Å². The fourth-order valence-electron chi connectivity index (χ4n) is 3.74. The van der Waals surface area contributed by atoms with Crippen LogP contribution in [-0.4, -0.2) is 46.5 Å². The maximum Gasteiger partial charge on any atom is 0.254 e. The predicted molar refractivity (Wildman–Crippen MR) is 105 cm³/mol. The van der Waals surface area contributed by atoms with Gasteiger partial charge in [-0.15, -0.1) is 0 Å². The molecule has 0 N–H and O–H groups in total. The lowest BCUT2D eigenvalue weighted by atomic mass is 10.1. The number of amides is 1. The third-order valence-corrected chi connectivity index (χ3v) is 5.30. The number of hydrogen-bond donors (Lipinski definition) is 0. The maximum absolute atomic E-state index is 14.0. The van der Waals surface area contributed by atoms with Gasteiger partial charge in [-0.05, 0) is 30.3 Å². The molecule has 0 atom stereocenters. The van der Waals surface area contributed by atoms with E-state index in [4.69, 9.17) is 0 Å². The van der Waals surface area contributed by atoms with E-state index in [1.54, 1.807) is 12.1 Å². The number of aromatic nitrogens is 2. The molecule has 6 heteroatoms. The van der Waals surface area contributed by atoms with Crippen LogP contribution in [0.15, 0.2) is 42.5 Å². The normalized spacial score (nSPS) is 14.8. The molecule has 1 aliphatic rings. The van der Waals surface area contributed by atoms with Gasteiger partial charge in [0.2, 0.25) is 0 Å². The van der Waals surface area contributed by atoms with Crippen molar-refractivity contribution in [3.63, 3.8) is 0 Å². The van der Waals surface area contributed by atoms with Gasteiger partial charge in [0.1, 0.15) is 11.6 Å². The molecule has 27 heavy (non-hydrogen) atoms. The van der Waals surface area contributed by atoms with Gasteiger partial charge in [0, 0.05) is 45.2 Å². The summed E-state index contributed by atoms with van der Waals surface area (Å²) in [5, 5.41) is 0. The predicted octanol–water partition coefficient (Wildman–Crippen LogP) is 3.24. The zero-order valence-corrected chi connectivity index (χ0v) is 15.7. The number of aryl methyl sites for hydroxylation is 2. The molecule has 0 bridgehead atoms. The number of rotatable bonds is 3. The number of anilines is 1. The van der Waals surface area contributed by atoms with Crippen molar-refractivity contribution in [1.29, 1.82) is 0 Å². The van der Waals surface area contributed by atoms with Crippen LogP contribution in [-0.2, 0) is 13.5 Å². The highest BCUT2D eigenvalue weighted by atomic mass is 19.1. The molecule has 1 aromatic heterocycles. The molecule has 3 aromatic rings. The van der Waals surface area contributed by atoms with Gasteiger partial charge in [0.05, 0.1) is 16.7 Å². The van der Waals surface area contributed by atoms with Crippen molar-refractivity contribution in [2.45, 2.75) is 13.3 Å². The highest BCUT2D eigenvalue weighted by Crippen LogP contribution is 2.22. The van der Waals surface area contributed by atoms with E-state index < -0.39 is 0 Å². The molecule has 1 saturated heterocycles. The minimum Gasteiger partial charge on any atom is -0.366 e. The Balaban J connectivity index is 1.49. The second-order valence-electron chi connectivity index (χ2n) is 6.87. The largest absolute Gasteiger partial charge is 0.366 e. The number of piperazine rings is 1. The lowest BCUT2D eigenvalue weighted by Gasteiger charge is -2.36. The number of nitrogens with zero attached hydrogens (tertiary/aromatic N) is 4. The summed E-state index contributed by atoms with van der Waals surface area (Å²) in [5.74, 6) is 0.798. The molecule has 0 aliphatic carbocycles. The van der Waals surface area contributed by atoms with Crippen molar-refractivity contribution in [1.82, 2.24) is 14.5 Å². The molecule has 0 saturated carbocycles. The van der Waals surface area contributed by atoms with Crippen LogP contribution in [0.25, 0.3) is 11.0 Å². The second kappa shape index (κ2) is 7.02.